The first kappa shape index (κ1) is 14.8. The molecule has 1 aliphatic heterocycles. The molecule has 21 heavy (non-hydrogen) atoms. The zero-order valence-electron chi connectivity index (χ0n) is 11.4. The molecule has 0 amide bonds. The molecule has 3 rings (SSSR count). The third kappa shape index (κ3) is 3.58. The number of hydrogen-bond acceptors (Lipinski definition) is 6. The molecule has 7 heteroatoms. The van der Waals surface area contributed by atoms with Crippen molar-refractivity contribution < 1.29 is 9.63 Å². The summed E-state index contributed by atoms with van der Waals surface area (Å²) in [6.45, 7) is 1.52. The molecule has 1 fully saturated rings. The number of nitrogens with zero attached hydrogens (tertiary/aromatic N) is 2. The minimum Gasteiger partial charge on any atom is -0.380 e. The third-order valence-electron chi connectivity index (χ3n) is 3.48. The molecule has 5 nitrogen and oxygen atoms in total. The smallest absolute Gasteiger partial charge is 0.258 e. The molecule has 0 atom stereocenters. The predicted octanol–water partition coefficient (Wildman–Crippen LogP) is 2.59. The topological polar surface area (TPSA) is 71.2 Å². The lowest BCUT2D eigenvalue weighted by Crippen LogP contribution is -2.39. The van der Waals surface area contributed by atoms with Gasteiger partial charge in [-0.15, -0.1) is 11.8 Å². The van der Waals surface area contributed by atoms with Gasteiger partial charge in [0.15, 0.2) is 5.82 Å². The van der Waals surface area contributed by atoms with Gasteiger partial charge >= 0.3 is 0 Å². The van der Waals surface area contributed by atoms with Crippen molar-refractivity contribution >= 4 is 23.4 Å². The minimum atomic E-state index is -0.985. The van der Waals surface area contributed by atoms with Crippen LogP contribution in [0, 0.1) is 0 Å². The van der Waals surface area contributed by atoms with E-state index in [9.17, 15) is 5.11 Å². The number of aromatic nitrogens is 2. The standard InChI is InChI=1S/C14H16ClN3O2S/c15-10-1-3-11(4-2-10)21-9-12-17-13(20-18-12)14(19)5-7-16-8-6-14/h1-4,16,19H,5-9H2. The van der Waals surface area contributed by atoms with E-state index in [1.54, 1.807) is 11.8 Å². The Balaban J connectivity index is 1.63. The lowest BCUT2D eigenvalue weighted by atomic mass is 9.92. The van der Waals surface area contributed by atoms with E-state index >= 15 is 0 Å². The minimum absolute atomic E-state index is 0.329. The van der Waals surface area contributed by atoms with Crippen molar-refractivity contribution in [1.29, 1.82) is 0 Å². The highest BCUT2D eigenvalue weighted by Gasteiger charge is 2.36. The Morgan fingerprint density at radius 3 is 2.71 bits per heavy atom. The van der Waals surface area contributed by atoms with Crippen molar-refractivity contribution in [1.82, 2.24) is 15.5 Å². The zero-order valence-corrected chi connectivity index (χ0v) is 13.0. The number of hydrogen-bond donors (Lipinski definition) is 2. The molecule has 1 aromatic heterocycles. The Kier molecular flexibility index (Phi) is 4.49. The molecular weight excluding hydrogens is 310 g/mol. The fourth-order valence-corrected chi connectivity index (χ4v) is 3.10. The van der Waals surface area contributed by atoms with Crippen LogP contribution in [0.15, 0.2) is 33.7 Å². The molecule has 0 saturated carbocycles. The van der Waals surface area contributed by atoms with E-state index in [1.807, 2.05) is 24.3 Å². The van der Waals surface area contributed by atoms with E-state index in [0.29, 0.717) is 35.3 Å². The summed E-state index contributed by atoms with van der Waals surface area (Å²) in [5.74, 6) is 1.52. The fourth-order valence-electron chi connectivity index (χ4n) is 2.23. The summed E-state index contributed by atoms with van der Waals surface area (Å²) in [4.78, 5) is 5.43. The molecule has 2 N–H and O–H groups in total. The highest BCUT2D eigenvalue weighted by Crippen LogP contribution is 2.30. The monoisotopic (exact) mass is 325 g/mol. The van der Waals surface area contributed by atoms with Gasteiger partial charge in [0, 0.05) is 9.92 Å². The maximum atomic E-state index is 10.5. The summed E-state index contributed by atoms with van der Waals surface area (Å²) in [7, 11) is 0. The fraction of sp³-hybridized carbons (Fsp3) is 0.429. The van der Waals surface area contributed by atoms with Crippen LogP contribution in [0.4, 0.5) is 0 Å². The van der Waals surface area contributed by atoms with Crippen LogP contribution in [0.3, 0.4) is 0 Å². The summed E-state index contributed by atoms with van der Waals surface area (Å²) in [6, 6.07) is 7.61. The van der Waals surface area contributed by atoms with Crippen molar-refractivity contribution in [2.75, 3.05) is 13.1 Å². The summed E-state index contributed by atoms with van der Waals surface area (Å²) in [6.07, 6.45) is 1.19. The van der Waals surface area contributed by atoms with Crippen LogP contribution in [-0.4, -0.2) is 28.3 Å². The van der Waals surface area contributed by atoms with Crippen LogP contribution in [0.25, 0.3) is 0 Å². The van der Waals surface area contributed by atoms with Gasteiger partial charge in [0.2, 0.25) is 0 Å². The molecule has 1 aliphatic rings. The Morgan fingerprint density at radius 2 is 2.00 bits per heavy atom. The van der Waals surface area contributed by atoms with Crippen LogP contribution in [0.5, 0.6) is 0 Å². The number of nitrogens with one attached hydrogen (secondary N) is 1. The predicted molar refractivity (Wildman–Crippen MR) is 81.3 cm³/mol. The lowest BCUT2D eigenvalue weighted by molar-refractivity contribution is -0.0228. The van der Waals surface area contributed by atoms with Crippen LogP contribution in [-0.2, 0) is 11.4 Å². The second kappa shape index (κ2) is 6.36. The third-order valence-corrected chi connectivity index (χ3v) is 4.74. The maximum absolute atomic E-state index is 10.5. The number of piperidine rings is 1. The van der Waals surface area contributed by atoms with Crippen LogP contribution >= 0.6 is 23.4 Å². The second-order valence-corrected chi connectivity index (χ2v) is 6.53. The molecule has 2 aromatic rings. The van der Waals surface area contributed by atoms with Crippen LogP contribution < -0.4 is 5.32 Å². The van der Waals surface area contributed by atoms with Gasteiger partial charge < -0.3 is 14.9 Å². The number of benzene rings is 1. The Hall–Kier alpha value is -1.08. The molecule has 1 aromatic carbocycles. The first-order chi connectivity index (χ1) is 10.2. The van der Waals surface area contributed by atoms with E-state index in [1.165, 1.54) is 0 Å². The van der Waals surface area contributed by atoms with E-state index in [2.05, 4.69) is 15.5 Å². The van der Waals surface area contributed by atoms with Crippen molar-refractivity contribution in [2.24, 2.45) is 0 Å². The maximum Gasteiger partial charge on any atom is 0.258 e. The van der Waals surface area contributed by atoms with Crippen LogP contribution in [0.1, 0.15) is 24.6 Å². The van der Waals surface area contributed by atoms with E-state index in [0.717, 1.165) is 18.0 Å². The van der Waals surface area contributed by atoms with Gasteiger partial charge in [-0.2, -0.15) is 4.98 Å². The van der Waals surface area contributed by atoms with E-state index < -0.39 is 5.60 Å². The van der Waals surface area contributed by atoms with Crippen molar-refractivity contribution in [3.63, 3.8) is 0 Å². The van der Waals surface area contributed by atoms with E-state index in [4.69, 9.17) is 16.1 Å². The summed E-state index contributed by atoms with van der Waals surface area (Å²) in [5, 5.41) is 18.4. The summed E-state index contributed by atoms with van der Waals surface area (Å²) in [5.41, 5.74) is -0.985. The first-order valence-electron chi connectivity index (χ1n) is 6.80. The molecule has 0 spiro atoms. The first-order valence-corrected chi connectivity index (χ1v) is 8.17. The zero-order chi connectivity index (χ0) is 14.7. The van der Waals surface area contributed by atoms with Crippen molar-refractivity contribution in [3.8, 4) is 0 Å². The Bertz CT molecular complexity index is 597. The van der Waals surface area contributed by atoms with Gasteiger partial charge in [0.25, 0.3) is 5.89 Å². The number of halogens is 1. The molecule has 0 unspecified atom stereocenters. The van der Waals surface area contributed by atoms with Gasteiger partial charge in [0.1, 0.15) is 5.60 Å². The molecule has 0 radical (unpaired) electrons. The van der Waals surface area contributed by atoms with Crippen molar-refractivity contribution in [3.05, 3.63) is 41.0 Å². The molecule has 1 saturated heterocycles. The molecule has 0 aliphatic carbocycles. The second-order valence-electron chi connectivity index (χ2n) is 5.04. The number of aliphatic hydroxyl groups is 1. The molecule has 0 bridgehead atoms. The average Bonchev–Trinajstić information content (AvgIpc) is 2.97. The quantitative estimate of drug-likeness (QED) is 0.842. The van der Waals surface area contributed by atoms with Crippen LogP contribution in [0.2, 0.25) is 5.02 Å². The van der Waals surface area contributed by atoms with Gasteiger partial charge in [0.05, 0.1) is 5.75 Å². The van der Waals surface area contributed by atoms with Gasteiger partial charge in [-0.05, 0) is 50.2 Å². The number of rotatable bonds is 4. The molecular formula is C14H16ClN3O2S. The summed E-state index contributed by atoms with van der Waals surface area (Å²) >= 11 is 7.46. The van der Waals surface area contributed by atoms with Gasteiger partial charge in [-0.3, -0.25) is 0 Å². The van der Waals surface area contributed by atoms with Gasteiger partial charge in [-0.25, -0.2) is 0 Å². The summed E-state index contributed by atoms with van der Waals surface area (Å²) < 4.78 is 5.24. The molecule has 112 valence electrons. The average molecular weight is 326 g/mol. The highest BCUT2D eigenvalue weighted by atomic mass is 35.5. The SMILES string of the molecule is OC1(c2nc(CSc3ccc(Cl)cc3)no2)CCNCC1. The largest absolute Gasteiger partial charge is 0.380 e. The Morgan fingerprint density at radius 1 is 1.29 bits per heavy atom. The Labute approximate surface area is 132 Å². The molecule has 2 heterocycles. The van der Waals surface area contributed by atoms with Crippen molar-refractivity contribution in [2.45, 2.75) is 29.1 Å². The lowest BCUT2D eigenvalue weighted by Gasteiger charge is -2.28. The number of thioether (sulfide) groups is 1. The van der Waals surface area contributed by atoms with Gasteiger partial charge in [-0.1, -0.05) is 16.8 Å². The van der Waals surface area contributed by atoms with E-state index in [-0.39, 0.29) is 0 Å². The normalized spacial score (nSPS) is 17.8. The highest BCUT2D eigenvalue weighted by molar-refractivity contribution is 7.98.